The highest BCUT2D eigenvalue weighted by molar-refractivity contribution is 5.48. The topological polar surface area (TPSA) is 45.4 Å². The van der Waals surface area contributed by atoms with Crippen molar-refractivity contribution in [1.29, 1.82) is 0 Å². The minimum Gasteiger partial charge on any atom is -0.356 e. The Morgan fingerprint density at radius 1 is 1.42 bits per heavy atom. The van der Waals surface area contributed by atoms with Crippen LogP contribution >= 0.6 is 0 Å². The predicted molar refractivity (Wildman–Crippen MR) is 80.3 cm³/mol. The largest absolute Gasteiger partial charge is 0.356 e. The molecule has 0 radical (unpaired) electrons. The monoisotopic (exact) mass is 262 g/mol. The number of nitrogens with two attached hydrogens (primary N) is 1. The van der Waals surface area contributed by atoms with E-state index >= 15 is 0 Å². The van der Waals surface area contributed by atoms with Crippen molar-refractivity contribution < 1.29 is 0 Å². The lowest BCUT2D eigenvalue weighted by Gasteiger charge is -2.35. The van der Waals surface area contributed by atoms with Gasteiger partial charge < -0.3 is 15.5 Å². The van der Waals surface area contributed by atoms with Gasteiger partial charge in [0.1, 0.15) is 5.82 Å². The van der Waals surface area contributed by atoms with Gasteiger partial charge in [-0.1, -0.05) is 6.07 Å². The molecule has 1 saturated heterocycles. The van der Waals surface area contributed by atoms with Gasteiger partial charge in [0, 0.05) is 37.4 Å². The number of hydrogen-bond acceptors (Lipinski definition) is 4. The summed E-state index contributed by atoms with van der Waals surface area (Å²) in [5, 5.41) is 0. The lowest BCUT2D eigenvalue weighted by atomic mass is 9.96. The Labute approximate surface area is 116 Å². The zero-order valence-electron chi connectivity index (χ0n) is 12.3. The molecule has 4 heteroatoms. The molecule has 0 aliphatic carbocycles. The fraction of sp³-hybridized carbons (Fsp3) is 0.667. The van der Waals surface area contributed by atoms with Crippen LogP contribution in [0.2, 0.25) is 0 Å². The number of aromatic nitrogens is 1. The zero-order chi connectivity index (χ0) is 13.8. The maximum absolute atomic E-state index is 6.04. The summed E-state index contributed by atoms with van der Waals surface area (Å²) in [6.07, 6.45) is 4.35. The molecule has 4 nitrogen and oxygen atoms in total. The number of rotatable bonds is 4. The minimum absolute atomic E-state index is 0.0446. The molecular formula is C15H26N4. The van der Waals surface area contributed by atoms with E-state index in [1.165, 1.54) is 19.4 Å². The van der Waals surface area contributed by atoms with Crippen LogP contribution in [-0.2, 0) is 0 Å². The summed E-state index contributed by atoms with van der Waals surface area (Å²) < 4.78 is 0. The molecule has 2 heterocycles. The van der Waals surface area contributed by atoms with Crippen LogP contribution in [0.3, 0.4) is 0 Å². The van der Waals surface area contributed by atoms with Gasteiger partial charge in [-0.05, 0) is 45.8 Å². The van der Waals surface area contributed by atoms with Gasteiger partial charge >= 0.3 is 0 Å². The first-order chi connectivity index (χ1) is 9.08. The summed E-state index contributed by atoms with van der Waals surface area (Å²) in [6.45, 7) is 5.40. The van der Waals surface area contributed by atoms with Crippen molar-refractivity contribution in [3.8, 4) is 0 Å². The van der Waals surface area contributed by atoms with E-state index < -0.39 is 0 Å². The molecule has 1 aliphatic heterocycles. The summed E-state index contributed by atoms with van der Waals surface area (Å²) in [5.74, 6) is 1.90. The molecule has 0 amide bonds. The van der Waals surface area contributed by atoms with E-state index in [0.29, 0.717) is 0 Å². The van der Waals surface area contributed by atoms with Crippen molar-refractivity contribution in [2.75, 3.05) is 38.6 Å². The molecule has 0 aromatic carbocycles. The fourth-order valence-electron chi connectivity index (χ4n) is 2.87. The Kier molecular flexibility index (Phi) is 4.77. The third-order valence-electron chi connectivity index (χ3n) is 3.84. The normalized spacial score (nSPS) is 18.9. The van der Waals surface area contributed by atoms with E-state index in [2.05, 4.69) is 34.9 Å². The third-order valence-corrected chi connectivity index (χ3v) is 3.84. The summed E-state index contributed by atoms with van der Waals surface area (Å²) in [7, 11) is 4.30. The van der Waals surface area contributed by atoms with Crippen molar-refractivity contribution >= 4 is 5.82 Å². The SMILES string of the molecule is C[C@H](N)c1cccnc1N1CCC(CN(C)C)CC1. The Morgan fingerprint density at radius 3 is 2.68 bits per heavy atom. The molecule has 1 aliphatic rings. The van der Waals surface area contributed by atoms with Crippen molar-refractivity contribution in [3.63, 3.8) is 0 Å². The van der Waals surface area contributed by atoms with Crippen molar-refractivity contribution in [2.45, 2.75) is 25.8 Å². The lowest BCUT2D eigenvalue weighted by Crippen LogP contribution is -2.38. The highest BCUT2D eigenvalue weighted by Gasteiger charge is 2.22. The Balaban J connectivity index is 2.02. The zero-order valence-corrected chi connectivity index (χ0v) is 12.3. The van der Waals surface area contributed by atoms with Crippen LogP contribution in [0.1, 0.15) is 31.4 Å². The van der Waals surface area contributed by atoms with Crippen LogP contribution in [0.5, 0.6) is 0 Å². The second-order valence-corrected chi connectivity index (χ2v) is 5.90. The third kappa shape index (κ3) is 3.67. The summed E-state index contributed by atoms with van der Waals surface area (Å²) >= 11 is 0. The number of hydrogen-bond donors (Lipinski definition) is 1. The fourth-order valence-corrected chi connectivity index (χ4v) is 2.87. The van der Waals surface area contributed by atoms with Crippen LogP contribution in [0.25, 0.3) is 0 Å². The average molecular weight is 262 g/mol. The first-order valence-corrected chi connectivity index (χ1v) is 7.18. The number of pyridine rings is 1. The van der Waals surface area contributed by atoms with Gasteiger partial charge in [0.25, 0.3) is 0 Å². The van der Waals surface area contributed by atoms with Gasteiger partial charge in [-0.3, -0.25) is 0 Å². The van der Waals surface area contributed by atoms with E-state index in [0.717, 1.165) is 30.4 Å². The molecule has 0 saturated carbocycles. The van der Waals surface area contributed by atoms with E-state index in [9.17, 15) is 0 Å². The highest BCUT2D eigenvalue weighted by atomic mass is 15.2. The summed E-state index contributed by atoms with van der Waals surface area (Å²) in [6, 6.07) is 4.11. The Bertz CT molecular complexity index is 395. The van der Waals surface area contributed by atoms with E-state index in [1.54, 1.807) is 0 Å². The number of piperidine rings is 1. The quantitative estimate of drug-likeness (QED) is 0.900. The maximum atomic E-state index is 6.04. The van der Waals surface area contributed by atoms with Crippen LogP contribution in [0, 0.1) is 5.92 Å². The van der Waals surface area contributed by atoms with E-state index in [1.807, 2.05) is 19.2 Å². The lowest BCUT2D eigenvalue weighted by molar-refractivity contribution is 0.284. The summed E-state index contributed by atoms with van der Waals surface area (Å²) in [5.41, 5.74) is 7.20. The number of nitrogens with zero attached hydrogens (tertiary/aromatic N) is 3. The number of anilines is 1. The molecular weight excluding hydrogens is 236 g/mol. The predicted octanol–water partition coefficient (Wildman–Crippen LogP) is 1.88. The van der Waals surface area contributed by atoms with Crippen molar-refractivity contribution in [1.82, 2.24) is 9.88 Å². The molecule has 1 atom stereocenters. The van der Waals surface area contributed by atoms with Gasteiger partial charge in [-0.25, -0.2) is 4.98 Å². The molecule has 0 unspecified atom stereocenters. The molecule has 0 spiro atoms. The van der Waals surface area contributed by atoms with Gasteiger partial charge in [0.15, 0.2) is 0 Å². The second-order valence-electron chi connectivity index (χ2n) is 5.90. The van der Waals surface area contributed by atoms with Crippen molar-refractivity contribution in [2.24, 2.45) is 11.7 Å². The van der Waals surface area contributed by atoms with Gasteiger partial charge in [0.05, 0.1) is 0 Å². The first kappa shape index (κ1) is 14.3. The van der Waals surface area contributed by atoms with Crippen LogP contribution in [0.15, 0.2) is 18.3 Å². The van der Waals surface area contributed by atoms with E-state index in [4.69, 9.17) is 5.73 Å². The van der Waals surface area contributed by atoms with Crippen LogP contribution in [0.4, 0.5) is 5.82 Å². The molecule has 1 aromatic heterocycles. The molecule has 19 heavy (non-hydrogen) atoms. The highest BCUT2D eigenvalue weighted by Crippen LogP contribution is 2.27. The Hall–Kier alpha value is -1.13. The van der Waals surface area contributed by atoms with Crippen LogP contribution in [-0.4, -0.2) is 43.6 Å². The first-order valence-electron chi connectivity index (χ1n) is 7.18. The molecule has 1 fully saturated rings. The van der Waals surface area contributed by atoms with Crippen LogP contribution < -0.4 is 10.6 Å². The van der Waals surface area contributed by atoms with E-state index in [-0.39, 0.29) is 6.04 Å². The second kappa shape index (κ2) is 6.35. The molecule has 106 valence electrons. The molecule has 1 aromatic rings. The minimum atomic E-state index is 0.0446. The smallest absolute Gasteiger partial charge is 0.133 e. The van der Waals surface area contributed by atoms with Gasteiger partial charge in [-0.2, -0.15) is 0 Å². The Morgan fingerprint density at radius 2 is 2.11 bits per heavy atom. The van der Waals surface area contributed by atoms with Gasteiger partial charge in [-0.15, -0.1) is 0 Å². The summed E-state index contributed by atoms with van der Waals surface area (Å²) in [4.78, 5) is 9.22. The molecule has 0 bridgehead atoms. The van der Waals surface area contributed by atoms with Crippen molar-refractivity contribution in [3.05, 3.63) is 23.9 Å². The standard InChI is InChI=1S/C15H26N4/c1-12(16)14-5-4-8-17-15(14)19-9-6-13(7-10-19)11-18(2)3/h4-5,8,12-13H,6-7,9-11,16H2,1-3H3/t12-/m0/s1. The molecule has 2 rings (SSSR count). The molecule has 2 N–H and O–H groups in total. The average Bonchev–Trinajstić information content (AvgIpc) is 2.39. The maximum Gasteiger partial charge on any atom is 0.133 e. The van der Waals surface area contributed by atoms with Gasteiger partial charge in [0.2, 0.25) is 0 Å².